The Labute approximate surface area is 120 Å². The molecule has 0 aromatic heterocycles. The zero-order valence-electron chi connectivity index (χ0n) is 11.0. The van der Waals surface area contributed by atoms with E-state index >= 15 is 0 Å². The molecule has 1 saturated carbocycles. The molecule has 110 valence electrons. The van der Waals surface area contributed by atoms with Crippen LogP contribution in [0.4, 0.5) is 18.9 Å². The summed E-state index contributed by atoms with van der Waals surface area (Å²) in [5, 5.41) is 3.41. The van der Waals surface area contributed by atoms with E-state index in [1.54, 1.807) is 12.1 Å². The summed E-state index contributed by atoms with van der Waals surface area (Å²) in [6.45, 7) is 2.17. The molecular formula is C14H17F3N2S. The highest BCUT2D eigenvalue weighted by Crippen LogP contribution is 2.37. The van der Waals surface area contributed by atoms with Crippen LogP contribution in [-0.2, 0) is 0 Å². The summed E-state index contributed by atoms with van der Waals surface area (Å²) in [6, 6.07) is 7.70. The Balaban J connectivity index is 1.53. The number of thioether (sulfide) groups is 1. The highest BCUT2D eigenvalue weighted by atomic mass is 32.2. The highest BCUT2D eigenvalue weighted by Gasteiger charge is 2.34. The molecule has 0 radical (unpaired) electrons. The standard InChI is InChI=1S/C14H17F3N2S/c15-14(16,17)20-13-5-1-10(2-6-13)18-11-7-8-19(9-11)12-3-4-12/h1-2,5-6,11-12,18H,3-4,7-9H2. The average molecular weight is 302 g/mol. The Bertz CT molecular complexity index is 456. The zero-order valence-corrected chi connectivity index (χ0v) is 11.8. The lowest BCUT2D eigenvalue weighted by Crippen LogP contribution is -2.27. The summed E-state index contributed by atoms with van der Waals surface area (Å²) in [5.41, 5.74) is -3.32. The van der Waals surface area contributed by atoms with Gasteiger partial charge in [-0.05, 0) is 55.3 Å². The number of nitrogens with one attached hydrogen (secondary N) is 1. The summed E-state index contributed by atoms with van der Waals surface area (Å²) in [6.07, 6.45) is 3.74. The third kappa shape index (κ3) is 3.82. The second-order valence-corrected chi connectivity index (χ2v) is 6.57. The van der Waals surface area contributed by atoms with Crippen molar-refractivity contribution in [3.05, 3.63) is 24.3 Å². The zero-order chi connectivity index (χ0) is 14.2. The van der Waals surface area contributed by atoms with Crippen LogP contribution in [0.3, 0.4) is 0 Å². The Morgan fingerprint density at radius 2 is 1.80 bits per heavy atom. The van der Waals surface area contributed by atoms with Crippen LogP contribution in [0.15, 0.2) is 29.2 Å². The van der Waals surface area contributed by atoms with Crippen LogP contribution in [0.2, 0.25) is 0 Å². The fraction of sp³-hybridized carbons (Fsp3) is 0.571. The topological polar surface area (TPSA) is 15.3 Å². The third-order valence-electron chi connectivity index (χ3n) is 3.74. The minimum atomic E-state index is -4.22. The van der Waals surface area contributed by atoms with Crippen LogP contribution in [0.25, 0.3) is 0 Å². The van der Waals surface area contributed by atoms with Gasteiger partial charge in [0.2, 0.25) is 0 Å². The van der Waals surface area contributed by atoms with E-state index in [2.05, 4.69) is 10.2 Å². The van der Waals surface area contributed by atoms with E-state index in [1.165, 1.54) is 25.0 Å². The SMILES string of the molecule is FC(F)(F)Sc1ccc(NC2CCN(C3CC3)C2)cc1. The normalized spacial score (nSPS) is 24.1. The van der Waals surface area contributed by atoms with Gasteiger partial charge in [-0.25, -0.2) is 0 Å². The second-order valence-electron chi connectivity index (χ2n) is 5.43. The van der Waals surface area contributed by atoms with E-state index in [-0.39, 0.29) is 16.7 Å². The molecule has 6 heteroatoms. The molecule has 1 aromatic rings. The number of likely N-dealkylation sites (tertiary alicyclic amines) is 1. The van der Waals surface area contributed by atoms with Gasteiger partial charge in [-0.2, -0.15) is 13.2 Å². The molecule has 0 bridgehead atoms. The number of nitrogens with zero attached hydrogens (tertiary/aromatic N) is 1. The summed E-state index contributed by atoms with van der Waals surface area (Å²) < 4.78 is 36.7. The van der Waals surface area contributed by atoms with Crippen molar-refractivity contribution in [2.75, 3.05) is 18.4 Å². The molecular weight excluding hydrogens is 285 g/mol. The molecule has 1 aliphatic carbocycles. The van der Waals surface area contributed by atoms with Crippen LogP contribution in [0.5, 0.6) is 0 Å². The molecule has 1 saturated heterocycles. The van der Waals surface area contributed by atoms with Crippen LogP contribution in [0.1, 0.15) is 19.3 Å². The first-order chi connectivity index (χ1) is 9.49. The quantitative estimate of drug-likeness (QED) is 0.848. The molecule has 2 aliphatic rings. The molecule has 3 rings (SSSR count). The van der Waals surface area contributed by atoms with Crippen molar-refractivity contribution in [2.24, 2.45) is 0 Å². The van der Waals surface area contributed by atoms with Crippen molar-refractivity contribution in [1.82, 2.24) is 4.90 Å². The van der Waals surface area contributed by atoms with Gasteiger partial charge in [0.1, 0.15) is 0 Å². The van der Waals surface area contributed by atoms with Crippen molar-refractivity contribution in [1.29, 1.82) is 0 Å². The van der Waals surface area contributed by atoms with Gasteiger partial charge in [-0.1, -0.05) is 0 Å². The van der Waals surface area contributed by atoms with Crippen LogP contribution in [-0.4, -0.2) is 35.6 Å². The molecule has 1 atom stereocenters. The fourth-order valence-corrected chi connectivity index (χ4v) is 3.20. The number of anilines is 1. The van der Waals surface area contributed by atoms with Gasteiger partial charge >= 0.3 is 5.51 Å². The molecule has 20 heavy (non-hydrogen) atoms. The Morgan fingerprint density at radius 3 is 2.40 bits per heavy atom. The lowest BCUT2D eigenvalue weighted by atomic mass is 10.2. The van der Waals surface area contributed by atoms with Crippen molar-refractivity contribution in [2.45, 2.75) is 41.7 Å². The van der Waals surface area contributed by atoms with E-state index in [0.717, 1.165) is 31.2 Å². The van der Waals surface area contributed by atoms with E-state index < -0.39 is 5.51 Å². The molecule has 0 amide bonds. The monoisotopic (exact) mass is 302 g/mol. The molecule has 2 fully saturated rings. The van der Waals surface area contributed by atoms with Gasteiger partial charge in [0.05, 0.1) is 0 Å². The van der Waals surface area contributed by atoms with E-state index in [9.17, 15) is 13.2 Å². The summed E-state index contributed by atoms with van der Waals surface area (Å²) >= 11 is -0.0713. The van der Waals surface area contributed by atoms with Gasteiger partial charge in [0.25, 0.3) is 0 Å². The smallest absolute Gasteiger partial charge is 0.381 e. The lowest BCUT2D eigenvalue weighted by molar-refractivity contribution is -0.0328. The number of hydrogen-bond acceptors (Lipinski definition) is 3. The van der Waals surface area contributed by atoms with Crippen molar-refractivity contribution >= 4 is 17.4 Å². The van der Waals surface area contributed by atoms with Gasteiger partial charge in [0.15, 0.2) is 0 Å². The maximum atomic E-state index is 12.2. The fourth-order valence-electron chi connectivity index (χ4n) is 2.66. The van der Waals surface area contributed by atoms with E-state index in [4.69, 9.17) is 0 Å². The van der Waals surface area contributed by atoms with Gasteiger partial charge in [0, 0.05) is 35.8 Å². The van der Waals surface area contributed by atoms with Gasteiger partial charge < -0.3 is 5.32 Å². The highest BCUT2D eigenvalue weighted by molar-refractivity contribution is 8.00. The number of benzene rings is 1. The van der Waals surface area contributed by atoms with Crippen LogP contribution < -0.4 is 5.32 Å². The first-order valence-electron chi connectivity index (χ1n) is 6.86. The van der Waals surface area contributed by atoms with Crippen molar-refractivity contribution in [3.63, 3.8) is 0 Å². The Hall–Kier alpha value is -0.880. The summed E-state index contributed by atoms with van der Waals surface area (Å²) in [7, 11) is 0. The lowest BCUT2D eigenvalue weighted by Gasteiger charge is -2.17. The van der Waals surface area contributed by atoms with Gasteiger partial charge in [-0.3, -0.25) is 4.90 Å². The molecule has 0 spiro atoms. The Kier molecular flexibility index (Phi) is 3.86. The predicted molar refractivity (Wildman–Crippen MR) is 75.0 cm³/mol. The second kappa shape index (κ2) is 5.48. The number of hydrogen-bond donors (Lipinski definition) is 1. The van der Waals surface area contributed by atoms with Crippen LogP contribution in [0, 0.1) is 0 Å². The minimum absolute atomic E-state index is 0.0713. The van der Waals surface area contributed by atoms with Crippen LogP contribution >= 0.6 is 11.8 Å². The molecule has 1 unspecified atom stereocenters. The first kappa shape index (κ1) is 14.1. The molecule has 1 aromatic carbocycles. The predicted octanol–water partition coefficient (Wildman–Crippen LogP) is 3.95. The largest absolute Gasteiger partial charge is 0.446 e. The number of halogens is 3. The first-order valence-corrected chi connectivity index (χ1v) is 7.68. The number of rotatable bonds is 4. The van der Waals surface area contributed by atoms with E-state index in [1.807, 2.05) is 0 Å². The average Bonchev–Trinajstić information content (AvgIpc) is 3.11. The summed E-state index contributed by atoms with van der Waals surface area (Å²) in [4.78, 5) is 2.74. The number of alkyl halides is 3. The Morgan fingerprint density at radius 1 is 1.10 bits per heavy atom. The van der Waals surface area contributed by atoms with E-state index in [0.29, 0.717) is 6.04 Å². The molecule has 1 aliphatic heterocycles. The van der Waals surface area contributed by atoms with Crippen molar-refractivity contribution < 1.29 is 13.2 Å². The molecule has 1 heterocycles. The van der Waals surface area contributed by atoms with Gasteiger partial charge in [-0.15, -0.1) is 0 Å². The summed E-state index contributed by atoms with van der Waals surface area (Å²) in [5.74, 6) is 0. The molecule has 1 N–H and O–H groups in total. The molecule has 2 nitrogen and oxygen atoms in total. The third-order valence-corrected chi connectivity index (χ3v) is 4.48. The maximum Gasteiger partial charge on any atom is 0.446 e. The van der Waals surface area contributed by atoms with Crippen molar-refractivity contribution in [3.8, 4) is 0 Å². The maximum absolute atomic E-state index is 12.2. The minimum Gasteiger partial charge on any atom is -0.381 e.